The van der Waals surface area contributed by atoms with Gasteiger partial charge in [-0.1, -0.05) is 0 Å². The van der Waals surface area contributed by atoms with Gasteiger partial charge >= 0.3 is 0 Å². The number of hydrogen-bond acceptors (Lipinski definition) is 6. The molecule has 0 radical (unpaired) electrons. The molecule has 0 spiro atoms. The van der Waals surface area contributed by atoms with Gasteiger partial charge in [0.1, 0.15) is 4.21 Å². The van der Waals surface area contributed by atoms with Gasteiger partial charge in [0.25, 0.3) is 15.9 Å². The Morgan fingerprint density at radius 1 is 1.08 bits per heavy atom. The Balaban J connectivity index is 1.82. The Morgan fingerprint density at radius 3 is 2.40 bits per heavy atom. The molecule has 2 rings (SSSR count). The van der Waals surface area contributed by atoms with Crippen LogP contribution in [0.2, 0.25) is 0 Å². The van der Waals surface area contributed by atoms with Crippen molar-refractivity contribution >= 4 is 44.5 Å². The number of carbonyl (C=O) groups is 2. The predicted molar refractivity (Wildman–Crippen MR) is 98.4 cm³/mol. The zero-order valence-electron chi connectivity index (χ0n) is 14.0. The first-order chi connectivity index (χ1) is 11.7. The molecule has 0 saturated carbocycles. The van der Waals surface area contributed by atoms with Crippen LogP contribution < -0.4 is 10.6 Å². The van der Waals surface area contributed by atoms with Crippen LogP contribution in [0.1, 0.15) is 19.4 Å². The Hall–Kier alpha value is -1.75. The van der Waals surface area contributed by atoms with E-state index in [1.165, 1.54) is 31.5 Å². The Bertz CT molecular complexity index is 868. The molecule has 0 aromatic carbocycles. The van der Waals surface area contributed by atoms with Crippen molar-refractivity contribution in [2.45, 2.75) is 17.7 Å². The number of amides is 2. The van der Waals surface area contributed by atoms with E-state index < -0.39 is 10.0 Å². The molecule has 2 N–H and O–H groups in total. The highest BCUT2D eigenvalue weighted by molar-refractivity contribution is 7.91. The van der Waals surface area contributed by atoms with Gasteiger partial charge in [-0.3, -0.25) is 9.59 Å². The minimum absolute atomic E-state index is 0.135. The average molecular weight is 402 g/mol. The fourth-order valence-electron chi connectivity index (χ4n) is 1.82. The zero-order chi connectivity index (χ0) is 18.6. The number of aryl methyl sites for hydroxylation is 1. The first-order valence-corrected chi connectivity index (χ1v) is 10.4. The van der Waals surface area contributed by atoms with Crippen LogP contribution in [0.4, 0.5) is 0 Å². The van der Waals surface area contributed by atoms with E-state index in [0.717, 1.165) is 20.5 Å². The molecule has 0 aliphatic heterocycles. The van der Waals surface area contributed by atoms with Crippen LogP contribution in [0.15, 0.2) is 28.5 Å². The van der Waals surface area contributed by atoms with Gasteiger partial charge in [0.05, 0.1) is 18.0 Å². The standard InChI is InChI=1S/C15H19N3O4S3/c1-10-4-6-12(23-10)15(20)17-9-13(19)16-8-11-5-7-14(24-11)25(21,22)18(2)3/h4-7H,8-9H2,1-3H3,(H,16,19)(H,17,20). The van der Waals surface area contributed by atoms with Crippen LogP contribution in [-0.4, -0.2) is 45.2 Å². The normalized spacial score (nSPS) is 11.5. The van der Waals surface area contributed by atoms with E-state index in [4.69, 9.17) is 0 Å². The van der Waals surface area contributed by atoms with Gasteiger partial charge < -0.3 is 10.6 Å². The topological polar surface area (TPSA) is 95.6 Å². The van der Waals surface area contributed by atoms with Crippen LogP contribution >= 0.6 is 22.7 Å². The van der Waals surface area contributed by atoms with Crippen LogP contribution in [0.5, 0.6) is 0 Å². The maximum atomic E-state index is 12.0. The Morgan fingerprint density at radius 2 is 1.80 bits per heavy atom. The molecule has 0 unspecified atom stereocenters. The second kappa shape index (κ2) is 8.09. The maximum Gasteiger partial charge on any atom is 0.261 e. The summed E-state index contributed by atoms with van der Waals surface area (Å²) in [6.45, 7) is 1.98. The van der Waals surface area contributed by atoms with E-state index >= 15 is 0 Å². The van der Waals surface area contributed by atoms with Gasteiger partial charge in [-0.05, 0) is 31.2 Å². The van der Waals surface area contributed by atoms with Crippen LogP contribution in [0, 0.1) is 6.92 Å². The minimum atomic E-state index is -3.46. The van der Waals surface area contributed by atoms with Crippen molar-refractivity contribution in [3.8, 4) is 0 Å². The summed E-state index contributed by atoms with van der Waals surface area (Å²) in [4.78, 5) is 26.0. The van der Waals surface area contributed by atoms with E-state index in [9.17, 15) is 18.0 Å². The van der Waals surface area contributed by atoms with E-state index in [0.29, 0.717) is 9.75 Å². The Kier molecular flexibility index (Phi) is 6.33. The fraction of sp³-hybridized carbons (Fsp3) is 0.333. The van der Waals surface area contributed by atoms with E-state index in [1.807, 2.05) is 13.0 Å². The van der Waals surface area contributed by atoms with Gasteiger partial charge in [0.2, 0.25) is 5.91 Å². The highest BCUT2D eigenvalue weighted by Crippen LogP contribution is 2.23. The molecule has 0 aliphatic rings. The van der Waals surface area contributed by atoms with Crippen molar-refractivity contribution < 1.29 is 18.0 Å². The Labute approximate surface area is 154 Å². The molecule has 25 heavy (non-hydrogen) atoms. The van der Waals surface area contributed by atoms with Crippen LogP contribution in [0.3, 0.4) is 0 Å². The lowest BCUT2D eigenvalue weighted by Gasteiger charge is -2.08. The van der Waals surface area contributed by atoms with Crippen LogP contribution in [0.25, 0.3) is 0 Å². The predicted octanol–water partition coefficient (Wildman–Crippen LogP) is 1.41. The van der Waals surface area contributed by atoms with Gasteiger partial charge in [-0.2, -0.15) is 0 Å². The molecule has 136 valence electrons. The smallest absolute Gasteiger partial charge is 0.261 e. The highest BCUT2D eigenvalue weighted by atomic mass is 32.2. The van der Waals surface area contributed by atoms with Gasteiger partial charge in [-0.15, -0.1) is 22.7 Å². The third-order valence-corrected chi connectivity index (χ3v) is 7.57. The first-order valence-electron chi connectivity index (χ1n) is 7.32. The lowest BCUT2D eigenvalue weighted by atomic mass is 10.4. The number of rotatable bonds is 7. The van der Waals surface area contributed by atoms with Crippen molar-refractivity contribution in [3.05, 3.63) is 38.9 Å². The molecule has 2 heterocycles. The number of nitrogens with zero attached hydrogens (tertiary/aromatic N) is 1. The van der Waals surface area contributed by atoms with Gasteiger partial charge in [-0.25, -0.2) is 12.7 Å². The lowest BCUT2D eigenvalue weighted by molar-refractivity contribution is -0.120. The number of thiophene rings is 2. The molecular formula is C15H19N3O4S3. The SMILES string of the molecule is Cc1ccc(C(=O)NCC(=O)NCc2ccc(S(=O)(=O)N(C)C)s2)s1. The number of carbonyl (C=O) groups excluding carboxylic acids is 2. The van der Waals surface area contributed by atoms with E-state index in [-0.39, 0.29) is 29.1 Å². The molecule has 7 nitrogen and oxygen atoms in total. The largest absolute Gasteiger partial charge is 0.350 e. The molecule has 0 bridgehead atoms. The minimum Gasteiger partial charge on any atom is -0.350 e. The summed E-state index contributed by atoms with van der Waals surface area (Å²) >= 11 is 2.47. The van der Waals surface area contributed by atoms with Crippen LogP contribution in [-0.2, 0) is 21.4 Å². The number of sulfonamides is 1. The van der Waals surface area contributed by atoms with E-state index in [2.05, 4.69) is 10.6 Å². The first kappa shape index (κ1) is 19.6. The van der Waals surface area contributed by atoms with Crippen molar-refractivity contribution in [1.29, 1.82) is 0 Å². The van der Waals surface area contributed by atoms with Crippen molar-refractivity contribution in [2.24, 2.45) is 0 Å². The molecule has 0 atom stereocenters. The molecule has 0 saturated heterocycles. The quantitative estimate of drug-likeness (QED) is 0.733. The fourth-order valence-corrected chi connectivity index (χ4v) is 5.07. The summed E-state index contributed by atoms with van der Waals surface area (Å²) < 4.78 is 25.4. The van der Waals surface area contributed by atoms with E-state index in [1.54, 1.807) is 12.1 Å². The molecule has 0 fully saturated rings. The summed E-state index contributed by atoms with van der Waals surface area (Å²) in [5.41, 5.74) is 0. The molecule has 2 aromatic heterocycles. The molecule has 2 amide bonds. The average Bonchev–Trinajstić information content (AvgIpc) is 3.19. The summed E-state index contributed by atoms with van der Waals surface area (Å²) in [7, 11) is -0.528. The second-order valence-corrected chi connectivity index (χ2v) is 10.2. The molecule has 0 aliphatic carbocycles. The summed E-state index contributed by atoms with van der Waals surface area (Å²) in [6.07, 6.45) is 0. The molecule has 2 aromatic rings. The summed E-state index contributed by atoms with van der Waals surface area (Å²) in [6, 6.07) is 6.73. The summed E-state index contributed by atoms with van der Waals surface area (Å²) in [5, 5.41) is 5.21. The third kappa shape index (κ3) is 5.11. The zero-order valence-corrected chi connectivity index (χ0v) is 16.5. The maximum absolute atomic E-state index is 12.0. The highest BCUT2D eigenvalue weighted by Gasteiger charge is 2.19. The van der Waals surface area contributed by atoms with Crippen molar-refractivity contribution in [1.82, 2.24) is 14.9 Å². The number of hydrogen-bond donors (Lipinski definition) is 2. The van der Waals surface area contributed by atoms with Crippen molar-refractivity contribution in [2.75, 3.05) is 20.6 Å². The van der Waals surface area contributed by atoms with Gasteiger partial charge in [0.15, 0.2) is 0 Å². The molecular weight excluding hydrogens is 382 g/mol. The third-order valence-electron chi connectivity index (χ3n) is 3.21. The second-order valence-electron chi connectivity index (χ2n) is 5.38. The van der Waals surface area contributed by atoms with Gasteiger partial charge in [0, 0.05) is 23.8 Å². The lowest BCUT2D eigenvalue weighted by Crippen LogP contribution is -2.36. The monoisotopic (exact) mass is 401 g/mol. The molecule has 10 heteroatoms. The van der Waals surface area contributed by atoms with Crippen molar-refractivity contribution in [3.63, 3.8) is 0 Å². The summed E-state index contributed by atoms with van der Waals surface area (Å²) in [5.74, 6) is -0.629. The number of nitrogens with one attached hydrogen (secondary N) is 2.